The van der Waals surface area contributed by atoms with E-state index in [1.807, 2.05) is 46.2 Å². The van der Waals surface area contributed by atoms with E-state index in [2.05, 4.69) is 39.5 Å². The third kappa shape index (κ3) is 6.29. The summed E-state index contributed by atoms with van der Waals surface area (Å²) in [4.78, 5) is 19.7. The van der Waals surface area contributed by atoms with Crippen LogP contribution in [-0.4, -0.2) is 35.0 Å². The van der Waals surface area contributed by atoms with Gasteiger partial charge in [0.25, 0.3) is 0 Å². The molecule has 164 valence electrons. The first-order valence-corrected chi connectivity index (χ1v) is 11.8. The fraction of sp³-hybridized carbons (Fsp3) is 0.583. The molecule has 0 radical (unpaired) electrons. The number of carbonyl (C=O) groups excluding carboxylic acids is 1. The van der Waals surface area contributed by atoms with Crippen molar-refractivity contribution in [3.8, 4) is 5.75 Å². The van der Waals surface area contributed by atoms with E-state index in [1.54, 1.807) is 11.3 Å². The first-order valence-electron chi connectivity index (χ1n) is 10.9. The minimum absolute atomic E-state index is 0.00587. The molecule has 1 amide bonds. The maximum absolute atomic E-state index is 12.7. The van der Waals surface area contributed by atoms with E-state index in [4.69, 9.17) is 4.74 Å². The van der Waals surface area contributed by atoms with E-state index in [9.17, 15) is 4.79 Å². The maximum atomic E-state index is 12.7. The lowest BCUT2D eigenvalue weighted by atomic mass is 9.87. The zero-order valence-electron chi connectivity index (χ0n) is 18.9. The molecule has 2 aromatic rings. The highest BCUT2D eigenvalue weighted by Gasteiger charge is 2.33. The number of rotatable bonds is 7. The van der Waals surface area contributed by atoms with Gasteiger partial charge in [-0.05, 0) is 63.4 Å². The van der Waals surface area contributed by atoms with Crippen molar-refractivity contribution >= 4 is 17.2 Å². The van der Waals surface area contributed by atoms with Gasteiger partial charge in [-0.2, -0.15) is 0 Å². The summed E-state index contributed by atoms with van der Waals surface area (Å²) in [7, 11) is 0. The topological polar surface area (TPSA) is 54.5 Å². The minimum Gasteiger partial charge on any atom is -0.491 e. The van der Waals surface area contributed by atoms with Crippen molar-refractivity contribution in [3.05, 3.63) is 46.4 Å². The second kappa shape index (κ2) is 9.92. The van der Waals surface area contributed by atoms with Gasteiger partial charge in [-0.3, -0.25) is 9.69 Å². The third-order valence-corrected chi connectivity index (χ3v) is 6.35. The number of hydrogen-bond donors (Lipinski definition) is 1. The molecule has 0 spiro atoms. The number of aromatic nitrogens is 1. The summed E-state index contributed by atoms with van der Waals surface area (Å²) in [5.41, 5.74) is 0.906. The molecule has 1 aliphatic heterocycles. The number of piperidine rings is 1. The van der Waals surface area contributed by atoms with Crippen LogP contribution in [0, 0.1) is 11.3 Å². The van der Waals surface area contributed by atoms with E-state index in [1.165, 1.54) is 5.56 Å². The van der Waals surface area contributed by atoms with Crippen molar-refractivity contribution in [1.29, 1.82) is 0 Å². The summed E-state index contributed by atoms with van der Waals surface area (Å²) in [6, 6.07) is 8.44. The van der Waals surface area contributed by atoms with Gasteiger partial charge in [0, 0.05) is 23.5 Å². The molecule has 1 saturated heterocycles. The van der Waals surface area contributed by atoms with Crippen LogP contribution in [0.2, 0.25) is 0 Å². The number of carbonyl (C=O) groups is 1. The molecule has 0 aliphatic carbocycles. The molecule has 1 atom stereocenters. The van der Waals surface area contributed by atoms with Crippen LogP contribution in [-0.2, 0) is 11.3 Å². The average Bonchev–Trinajstić information content (AvgIpc) is 3.21. The molecule has 30 heavy (non-hydrogen) atoms. The summed E-state index contributed by atoms with van der Waals surface area (Å²) in [5.74, 6) is 1.43. The number of amides is 1. The Labute approximate surface area is 184 Å². The van der Waals surface area contributed by atoms with E-state index in [0.717, 1.165) is 43.2 Å². The van der Waals surface area contributed by atoms with E-state index in [0.29, 0.717) is 5.92 Å². The smallest absolute Gasteiger partial charge is 0.225 e. The molecule has 1 N–H and O–H groups in total. The highest BCUT2D eigenvalue weighted by atomic mass is 32.1. The fourth-order valence-electron chi connectivity index (χ4n) is 3.78. The van der Waals surface area contributed by atoms with Crippen LogP contribution in [0.15, 0.2) is 35.8 Å². The molecular formula is C24H35N3O2S. The van der Waals surface area contributed by atoms with Crippen LogP contribution in [0.25, 0.3) is 0 Å². The molecule has 0 saturated carbocycles. The third-order valence-electron chi connectivity index (χ3n) is 5.49. The van der Waals surface area contributed by atoms with Gasteiger partial charge in [0.15, 0.2) is 0 Å². The fourth-order valence-corrected chi connectivity index (χ4v) is 4.56. The molecular weight excluding hydrogens is 394 g/mol. The summed E-state index contributed by atoms with van der Waals surface area (Å²) in [6.45, 7) is 13.0. The molecule has 1 fully saturated rings. The standard InChI is InChI=1S/C24H35N3O2S/c1-17(2)29-20-8-6-18(7-9-20)16-27-13-10-19(11-14-27)21(22-25-12-15-30-22)26-23(28)24(3,4)5/h6-9,12,15,17,19,21H,10-11,13-14,16H2,1-5H3,(H,26,28)/t21-/m0/s1. The summed E-state index contributed by atoms with van der Waals surface area (Å²) < 4.78 is 5.74. The number of ether oxygens (including phenoxy) is 1. The zero-order chi connectivity index (χ0) is 21.7. The zero-order valence-corrected chi connectivity index (χ0v) is 19.7. The van der Waals surface area contributed by atoms with Gasteiger partial charge in [-0.1, -0.05) is 32.9 Å². The highest BCUT2D eigenvalue weighted by molar-refractivity contribution is 7.09. The van der Waals surface area contributed by atoms with E-state index < -0.39 is 5.41 Å². The van der Waals surface area contributed by atoms with Crippen LogP contribution in [0.3, 0.4) is 0 Å². The van der Waals surface area contributed by atoms with Crippen molar-refractivity contribution in [2.45, 2.75) is 66.2 Å². The maximum Gasteiger partial charge on any atom is 0.225 e. The normalized spacial score (nSPS) is 17.1. The Morgan fingerprint density at radius 2 is 1.90 bits per heavy atom. The molecule has 2 heterocycles. The van der Waals surface area contributed by atoms with Crippen molar-refractivity contribution in [2.24, 2.45) is 11.3 Å². The summed E-state index contributed by atoms with van der Waals surface area (Å²) >= 11 is 1.63. The lowest BCUT2D eigenvalue weighted by molar-refractivity contribution is -0.129. The van der Waals surface area contributed by atoms with Crippen molar-refractivity contribution < 1.29 is 9.53 Å². The Bertz CT molecular complexity index is 789. The van der Waals surface area contributed by atoms with Gasteiger partial charge in [0.05, 0.1) is 12.1 Å². The molecule has 5 nitrogen and oxygen atoms in total. The van der Waals surface area contributed by atoms with Crippen LogP contribution in [0.1, 0.15) is 64.1 Å². The van der Waals surface area contributed by atoms with Crippen molar-refractivity contribution in [3.63, 3.8) is 0 Å². The number of nitrogens with one attached hydrogen (secondary N) is 1. The van der Waals surface area contributed by atoms with Gasteiger partial charge < -0.3 is 10.1 Å². The van der Waals surface area contributed by atoms with Crippen LogP contribution in [0.5, 0.6) is 5.75 Å². The lowest BCUT2D eigenvalue weighted by Gasteiger charge is -2.36. The number of nitrogens with zero attached hydrogens (tertiary/aromatic N) is 2. The minimum atomic E-state index is -0.401. The van der Waals surface area contributed by atoms with Gasteiger partial charge in [-0.25, -0.2) is 4.98 Å². The lowest BCUT2D eigenvalue weighted by Crippen LogP contribution is -2.43. The van der Waals surface area contributed by atoms with Crippen LogP contribution < -0.4 is 10.1 Å². The van der Waals surface area contributed by atoms with E-state index in [-0.39, 0.29) is 18.1 Å². The average molecular weight is 430 g/mol. The van der Waals surface area contributed by atoms with Gasteiger partial charge in [0.1, 0.15) is 10.8 Å². The molecule has 6 heteroatoms. The Morgan fingerprint density at radius 3 is 2.43 bits per heavy atom. The van der Waals surface area contributed by atoms with Crippen LogP contribution >= 0.6 is 11.3 Å². The van der Waals surface area contributed by atoms with Crippen molar-refractivity contribution in [1.82, 2.24) is 15.2 Å². The number of thiazole rings is 1. The van der Waals surface area contributed by atoms with E-state index >= 15 is 0 Å². The van der Waals surface area contributed by atoms with Crippen molar-refractivity contribution in [2.75, 3.05) is 13.1 Å². The largest absolute Gasteiger partial charge is 0.491 e. The predicted octanol–water partition coefficient (Wildman–Crippen LogP) is 5.05. The highest BCUT2D eigenvalue weighted by Crippen LogP contribution is 2.33. The first-order chi connectivity index (χ1) is 14.2. The number of likely N-dealkylation sites (tertiary alicyclic amines) is 1. The number of benzene rings is 1. The molecule has 0 unspecified atom stereocenters. The Morgan fingerprint density at radius 1 is 1.23 bits per heavy atom. The Kier molecular flexibility index (Phi) is 7.53. The Hall–Kier alpha value is -1.92. The summed E-state index contributed by atoms with van der Waals surface area (Å²) in [6.07, 6.45) is 4.14. The molecule has 1 aromatic heterocycles. The van der Waals surface area contributed by atoms with Crippen LogP contribution in [0.4, 0.5) is 0 Å². The van der Waals surface area contributed by atoms with Gasteiger partial charge in [-0.15, -0.1) is 11.3 Å². The second-order valence-electron chi connectivity index (χ2n) is 9.50. The van der Waals surface area contributed by atoms with Gasteiger partial charge >= 0.3 is 0 Å². The second-order valence-corrected chi connectivity index (χ2v) is 10.4. The Balaban J connectivity index is 1.57. The quantitative estimate of drug-likeness (QED) is 0.669. The predicted molar refractivity (Wildman–Crippen MR) is 123 cm³/mol. The summed E-state index contributed by atoms with van der Waals surface area (Å²) in [5, 5.41) is 6.31. The molecule has 1 aromatic carbocycles. The first kappa shape index (κ1) is 22.8. The molecule has 1 aliphatic rings. The SMILES string of the molecule is CC(C)Oc1ccc(CN2CCC([C@H](NC(=O)C(C)(C)C)c3nccs3)CC2)cc1. The monoisotopic (exact) mass is 429 g/mol. The number of hydrogen-bond acceptors (Lipinski definition) is 5. The molecule has 0 bridgehead atoms. The van der Waals surface area contributed by atoms with Gasteiger partial charge in [0.2, 0.25) is 5.91 Å². The molecule has 3 rings (SSSR count).